The van der Waals surface area contributed by atoms with Crippen LogP contribution in [0.15, 0.2) is 75.9 Å². The van der Waals surface area contributed by atoms with Gasteiger partial charge in [-0.3, -0.25) is 0 Å². The number of azo groups is 1. The number of fused-ring (bicyclic) bond motifs is 1. The summed E-state index contributed by atoms with van der Waals surface area (Å²) in [4.78, 5) is 4.27. The fourth-order valence-corrected chi connectivity index (χ4v) is 3.37. The van der Waals surface area contributed by atoms with E-state index in [1.807, 2.05) is 37.3 Å². The molecule has 0 aliphatic heterocycles. The van der Waals surface area contributed by atoms with Gasteiger partial charge in [0.2, 0.25) is 10.0 Å². The summed E-state index contributed by atoms with van der Waals surface area (Å²) in [6.45, 7) is 2.02. The van der Waals surface area contributed by atoms with Crippen molar-refractivity contribution in [3.63, 3.8) is 0 Å². The molecule has 0 radical (unpaired) electrons. The third-order valence-corrected chi connectivity index (χ3v) is 5.19. The maximum atomic E-state index is 11.5. The molecule has 0 atom stereocenters. The third kappa shape index (κ3) is 3.71. The predicted octanol–water partition coefficient (Wildman–Crippen LogP) is 3.35. The van der Waals surface area contributed by atoms with Crippen LogP contribution in [0.5, 0.6) is 0 Å². The maximum Gasteiger partial charge on any atom is 0.238 e. The van der Waals surface area contributed by atoms with Crippen LogP contribution in [0.4, 0.5) is 17.2 Å². The van der Waals surface area contributed by atoms with Gasteiger partial charge in [-0.25, -0.2) is 23.1 Å². The molecule has 0 saturated heterocycles. The van der Waals surface area contributed by atoms with Crippen molar-refractivity contribution in [1.29, 1.82) is 0 Å². The van der Waals surface area contributed by atoms with Gasteiger partial charge >= 0.3 is 0 Å². The van der Waals surface area contributed by atoms with Crippen molar-refractivity contribution < 1.29 is 8.42 Å². The molecule has 0 bridgehead atoms. The molecular formula is C19H17N7O2S. The number of aromatic nitrogens is 3. The van der Waals surface area contributed by atoms with Crippen molar-refractivity contribution in [2.75, 3.05) is 5.73 Å². The number of rotatable bonds is 4. The Morgan fingerprint density at radius 2 is 1.79 bits per heavy atom. The van der Waals surface area contributed by atoms with Gasteiger partial charge in [-0.05, 0) is 31.2 Å². The van der Waals surface area contributed by atoms with Crippen LogP contribution < -0.4 is 10.9 Å². The average molecular weight is 407 g/mol. The van der Waals surface area contributed by atoms with Crippen molar-refractivity contribution >= 4 is 32.9 Å². The number of sulfonamides is 1. The highest BCUT2D eigenvalue weighted by molar-refractivity contribution is 7.89. The Balaban J connectivity index is 1.78. The zero-order chi connectivity index (χ0) is 20.6. The molecule has 0 fully saturated rings. The Hall–Kier alpha value is -3.63. The fraction of sp³-hybridized carbons (Fsp3) is 0.0526. The number of primary sulfonamides is 1. The van der Waals surface area contributed by atoms with Gasteiger partial charge in [-0.15, -0.1) is 10.2 Å². The second kappa shape index (κ2) is 7.08. The van der Waals surface area contributed by atoms with Gasteiger partial charge < -0.3 is 5.73 Å². The molecule has 0 unspecified atom stereocenters. The average Bonchev–Trinajstić information content (AvgIpc) is 3.02. The highest BCUT2D eigenvalue weighted by atomic mass is 32.2. The van der Waals surface area contributed by atoms with Crippen LogP contribution in [-0.2, 0) is 10.0 Å². The van der Waals surface area contributed by atoms with Gasteiger partial charge in [0.15, 0.2) is 17.2 Å². The molecule has 0 aliphatic rings. The van der Waals surface area contributed by atoms with E-state index in [1.54, 1.807) is 16.8 Å². The van der Waals surface area contributed by atoms with E-state index in [0.717, 1.165) is 16.8 Å². The molecule has 9 nitrogen and oxygen atoms in total. The molecule has 0 amide bonds. The first-order chi connectivity index (χ1) is 13.8. The third-order valence-electron chi connectivity index (χ3n) is 4.28. The minimum absolute atomic E-state index is 0.0541. The van der Waals surface area contributed by atoms with Gasteiger partial charge in [0.25, 0.3) is 0 Å². The lowest BCUT2D eigenvalue weighted by Crippen LogP contribution is -2.11. The van der Waals surface area contributed by atoms with E-state index >= 15 is 0 Å². The van der Waals surface area contributed by atoms with E-state index in [2.05, 4.69) is 20.3 Å². The molecule has 0 aliphatic carbocycles. The summed E-state index contributed by atoms with van der Waals surface area (Å²) in [6.07, 6.45) is 1.65. The number of nitrogens with zero attached hydrogens (tertiary/aromatic N) is 5. The molecule has 0 spiro atoms. The van der Waals surface area contributed by atoms with Crippen LogP contribution in [0.25, 0.3) is 16.9 Å². The van der Waals surface area contributed by atoms with Crippen LogP contribution >= 0.6 is 0 Å². The molecule has 4 rings (SSSR count). The van der Waals surface area contributed by atoms with E-state index in [4.69, 9.17) is 10.9 Å². The molecular weight excluding hydrogens is 390 g/mol. The summed E-state index contributed by atoms with van der Waals surface area (Å²) in [6, 6.07) is 15.7. The lowest BCUT2D eigenvalue weighted by atomic mass is 10.1. The molecule has 0 saturated carbocycles. The van der Waals surface area contributed by atoms with Crippen molar-refractivity contribution in [3.05, 3.63) is 66.4 Å². The molecule has 2 aromatic heterocycles. The van der Waals surface area contributed by atoms with Crippen molar-refractivity contribution in [1.82, 2.24) is 14.6 Å². The number of anilines is 1. The Kier molecular flexibility index (Phi) is 4.57. The van der Waals surface area contributed by atoms with Gasteiger partial charge in [-0.2, -0.15) is 5.11 Å². The normalized spacial score (nSPS) is 12.1. The van der Waals surface area contributed by atoms with E-state index < -0.39 is 10.0 Å². The summed E-state index contributed by atoms with van der Waals surface area (Å²) in [7, 11) is -3.83. The largest absolute Gasteiger partial charge is 0.380 e. The van der Waals surface area contributed by atoms with Crippen LogP contribution in [0.2, 0.25) is 0 Å². The standard InChI is InChI=1S/C19H17N7O2S/c1-12-5-7-13(8-6-12)16-9-10-22-19-17(18(20)25-26(16)19)24-23-14-3-2-4-15(11-14)29(21,27)28/h2-11H,1H3,(H2,20,25)(H2,21,27,28). The van der Waals surface area contributed by atoms with E-state index in [1.165, 1.54) is 18.2 Å². The quantitative estimate of drug-likeness (QED) is 0.499. The Morgan fingerprint density at radius 1 is 1.03 bits per heavy atom. The SMILES string of the molecule is Cc1ccc(-c2ccnc3c(N=Nc4cccc(S(N)(=O)=O)c4)c(N)nn23)cc1. The number of hydrogen-bond donors (Lipinski definition) is 2. The first kappa shape index (κ1) is 18.7. The van der Waals surface area contributed by atoms with Gasteiger partial charge in [0, 0.05) is 11.8 Å². The summed E-state index contributed by atoms with van der Waals surface area (Å²) in [5.41, 5.74) is 9.99. The molecule has 2 heterocycles. The van der Waals surface area contributed by atoms with Gasteiger partial charge in [0.1, 0.15) is 0 Å². The molecule has 2 aromatic carbocycles. The maximum absolute atomic E-state index is 11.5. The molecule has 10 heteroatoms. The Morgan fingerprint density at radius 3 is 2.52 bits per heavy atom. The monoisotopic (exact) mass is 407 g/mol. The second-order valence-electron chi connectivity index (χ2n) is 6.41. The molecule has 29 heavy (non-hydrogen) atoms. The van der Waals surface area contributed by atoms with E-state index in [-0.39, 0.29) is 10.7 Å². The number of aryl methyl sites for hydroxylation is 1. The minimum atomic E-state index is -3.83. The Labute approximate surface area is 166 Å². The number of nitrogen functional groups attached to an aromatic ring is 1. The van der Waals surface area contributed by atoms with Crippen LogP contribution in [0.3, 0.4) is 0 Å². The van der Waals surface area contributed by atoms with Crippen LogP contribution in [0, 0.1) is 6.92 Å². The highest BCUT2D eigenvalue weighted by Crippen LogP contribution is 2.31. The zero-order valence-electron chi connectivity index (χ0n) is 15.4. The smallest absolute Gasteiger partial charge is 0.238 e. The zero-order valence-corrected chi connectivity index (χ0v) is 16.2. The van der Waals surface area contributed by atoms with E-state index in [9.17, 15) is 8.42 Å². The Bertz CT molecular complexity index is 1340. The van der Waals surface area contributed by atoms with Gasteiger partial charge in [-0.1, -0.05) is 35.9 Å². The number of benzene rings is 2. The summed E-state index contributed by atoms with van der Waals surface area (Å²) in [5, 5.41) is 17.7. The summed E-state index contributed by atoms with van der Waals surface area (Å²) in [5.74, 6) is 0.156. The summed E-state index contributed by atoms with van der Waals surface area (Å²) < 4.78 is 24.6. The van der Waals surface area contributed by atoms with Crippen LogP contribution in [0.1, 0.15) is 5.56 Å². The topological polar surface area (TPSA) is 141 Å². The lowest BCUT2D eigenvalue weighted by molar-refractivity contribution is 0.598. The van der Waals surface area contributed by atoms with Crippen molar-refractivity contribution in [2.45, 2.75) is 11.8 Å². The van der Waals surface area contributed by atoms with Crippen molar-refractivity contribution in [2.24, 2.45) is 15.4 Å². The van der Waals surface area contributed by atoms with Gasteiger partial charge in [0.05, 0.1) is 16.3 Å². The van der Waals surface area contributed by atoms with Crippen molar-refractivity contribution in [3.8, 4) is 11.3 Å². The highest BCUT2D eigenvalue weighted by Gasteiger charge is 2.15. The second-order valence-corrected chi connectivity index (χ2v) is 7.97. The predicted molar refractivity (Wildman–Crippen MR) is 110 cm³/mol. The number of nitrogens with two attached hydrogens (primary N) is 2. The fourth-order valence-electron chi connectivity index (χ4n) is 2.82. The first-order valence-corrected chi connectivity index (χ1v) is 10.1. The lowest BCUT2D eigenvalue weighted by Gasteiger charge is -2.04. The van der Waals surface area contributed by atoms with E-state index in [0.29, 0.717) is 17.0 Å². The molecule has 4 N–H and O–H groups in total. The van der Waals surface area contributed by atoms with Crippen LogP contribution in [-0.4, -0.2) is 23.0 Å². The molecule has 4 aromatic rings. The first-order valence-electron chi connectivity index (χ1n) is 8.58. The minimum Gasteiger partial charge on any atom is -0.380 e. The molecule has 146 valence electrons. The summed E-state index contributed by atoms with van der Waals surface area (Å²) >= 11 is 0. The number of hydrogen-bond acceptors (Lipinski definition) is 7.